The molecule has 1 amide bonds. The van der Waals surface area contributed by atoms with Gasteiger partial charge in [-0.15, -0.1) is 0 Å². The average Bonchev–Trinajstić information content (AvgIpc) is 2.78. The normalized spacial score (nSPS) is 28.9. The van der Waals surface area contributed by atoms with E-state index in [9.17, 15) is 9.59 Å². The fraction of sp³-hybridized carbons (Fsp3) is 0.412. The maximum atomic E-state index is 12.1. The van der Waals surface area contributed by atoms with Crippen molar-refractivity contribution >= 4 is 11.7 Å². The van der Waals surface area contributed by atoms with E-state index in [1.165, 1.54) is 0 Å². The van der Waals surface area contributed by atoms with Gasteiger partial charge >= 0.3 is 0 Å². The number of benzene rings is 1. The predicted octanol–water partition coefficient (Wildman–Crippen LogP) is 2.94. The van der Waals surface area contributed by atoms with Gasteiger partial charge < -0.3 is 5.32 Å². The zero-order valence-corrected chi connectivity index (χ0v) is 12.1. The fourth-order valence-electron chi connectivity index (χ4n) is 3.52. The van der Waals surface area contributed by atoms with E-state index >= 15 is 0 Å². The fourth-order valence-corrected chi connectivity index (χ4v) is 3.52. The van der Waals surface area contributed by atoms with Crippen LogP contribution in [-0.4, -0.2) is 11.7 Å². The maximum absolute atomic E-state index is 12.1. The number of fused-ring (bicyclic) bond motifs is 1. The number of allylic oxidation sites excluding steroid dienone is 2. The van der Waals surface area contributed by atoms with Gasteiger partial charge in [0.1, 0.15) is 0 Å². The smallest absolute Gasteiger partial charge is 0.255 e. The Hall–Kier alpha value is -1.90. The Morgan fingerprint density at radius 2 is 1.90 bits per heavy atom. The standard InChI is InChI=1S/C17H19NO2/c1-10(18-16(20)11-7-5-4-6-8-11)14-13(19)9-12-15(14)17(12,2)3/h4-8,12,15H,9H2,1-3H3,(H,18,20)/b14-10+/t12-,15+/m1/s1. The summed E-state index contributed by atoms with van der Waals surface area (Å²) in [4.78, 5) is 24.2. The van der Waals surface area contributed by atoms with E-state index in [1.54, 1.807) is 12.1 Å². The molecule has 2 aliphatic carbocycles. The molecular formula is C17H19NO2. The highest BCUT2D eigenvalue weighted by atomic mass is 16.1. The number of amides is 1. The summed E-state index contributed by atoms with van der Waals surface area (Å²) in [5.41, 5.74) is 2.39. The van der Waals surface area contributed by atoms with Crippen LogP contribution in [0.25, 0.3) is 0 Å². The first kappa shape index (κ1) is 13.1. The molecule has 2 aliphatic rings. The van der Waals surface area contributed by atoms with Gasteiger partial charge in [-0.3, -0.25) is 9.59 Å². The lowest BCUT2D eigenvalue weighted by molar-refractivity contribution is -0.115. The molecule has 2 saturated carbocycles. The van der Waals surface area contributed by atoms with Crippen LogP contribution in [0.2, 0.25) is 0 Å². The van der Waals surface area contributed by atoms with Gasteiger partial charge in [-0.25, -0.2) is 0 Å². The van der Waals surface area contributed by atoms with Gasteiger partial charge in [0, 0.05) is 23.3 Å². The summed E-state index contributed by atoms with van der Waals surface area (Å²) in [5, 5.41) is 2.88. The minimum atomic E-state index is -0.148. The molecule has 2 fully saturated rings. The lowest BCUT2D eigenvalue weighted by Gasteiger charge is -2.13. The molecule has 2 atom stereocenters. The van der Waals surface area contributed by atoms with Gasteiger partial charge in [0.15, 0.2) is 5.78 Å². The summed E-state index contributed by atoms with van der Waals surface area (Å²) in [6.07, 6.45) is 0.631. The average molecular weight is 269 g/mol. The van der Waals surface area contributed by atoms with Crippen LogP contribution in [0.5, 0.6) is 0 Å². The van der Waals surface area contributed by atoms with Crippen molar-refractivity contribution in [1.82, 2.24) is 5.32 Å². The third-order valence-corrected chi connectivity index (χ3v) is 4.81. The van der Waals surface area contributed by atoms with Crippen LogP contribution < -0.4 is 5.32 Å². The molecule has 1 N–H and O–H groups in total. The van der Waals surface area contributed by atoms with Crippen molar-refractivity contribution in [3.8, 4) is 0 Å². The molecule has 20 heavy (non-hydrogen) atoms. The quantitative estimate of drug-likeness (QED) is 0.839. The summed E-state index contributed by atoms with van der Waals surface area (Å²) < 4.78 is 0. The Bertz CT molecular complexity index is 613. The third-order valence-electron chi connectivity index (χ3n) is 4.81. The first-order chi connectivity index (χ1) is 9.43. The molecule has 3 heteroatoms. The summed E-state index contributed by atoms with van der Waals surface area (Å²) in [7, 11) is 0. The zero-order valence-electron chi connectivity index (χ0n) is 12.1. The van der Waals surface area contributed by atoms with Crippen LogP contribution in [0.4, 0.5) is 0 Å². The van der Waals surface area contributed by atoms with Crippen LogP contribution in [0.15, 0.2) is 41.6 Å². The maximum Gasteiger partial charge on any atom is 0.255 e. The lowest BCUT2D eigenvalue weighted by atomic mass is 9.95. The molecule has 0 unspecified atom stereocenters. The number of hydrogen-bond acceptors (Lipinski definition) is 2. The highest BCUT2D eigenvalue weighted by molar-refractivity contribution is 6.03. The molecule has 0 spiro atoms. The molecule has 1 aromatic carbocycles. The highest BCUT2D eigenvalue weighted by Gasteiger charge is 2.65. The SMILES string of the molecule is C/C(NC(=O)c1ccccc1)=C1/C(=O)C[C@@H]2[C@@H]1C2(C)C. The van der Waals surface area contributed by atoms with E-state index in [2.05, 4.69) is 19.2 Å². The minimum Gasteiger partial charge on any atom is -0.326 e. The molecule has 1 aromatic rings. The van der Waals surface area contributed by atoms with Gasteiger partial charge in [0.05, 0.1) is 0 Å². The van der Waals surface area contributed by atoms with Crippen molar-refractivity contribution in [1.29, 1.82) is 0 Å². The first-order valence-corrected chi connectivity index (χ1v) is 7.03. The molecule has 0 heterocycles. The second kappa shape index (κ2) is 4.30. The number of hydrogen-bond donors (Lipinski definition) is 1. The highest BCUT2D eigenvalue weighted by Crippen LogP contribution is 2.68. The van der Waals surface area contributed by atoms with Gasteiger partial charge in [-0.2, -0.15) is 0 Å². The number of nitrogens with one attached hydrogen (secondary N) is 1. The van der Waals surface area contributed by atoms with Crippen LogP contribution in [0.1, 0.15) is 37.6 Å². The number of rotatable bonds is 2. The van der Waals surface area contributed by atoms with Crippen molar-refractivity contribution in [3.05, 3.63) is 47.2 Å². The Kier molecular flexibility index (Phi) is 2.82. The summed E-state index contributed by atoms with van der Waals surface area (Å²) in [6.45, 7) is 6.23. The molecule has 0 saturated heterocycles. The molecule has 3 nitrogen and oxygen atoms in total. The largest absolute Gasteiger partial charge is 0.326 e. The van der Waals surface area contributed by atoms with Crippen LogP contribution in [0.3, 0.4) is 0 Å². The molecule has 3 rings (SSSR count). The van der Waals surface area contributed by atoms with E-state index in [0.29, 0.717) is 23.8 Å². The Morgan fingerprint density at radius 1 is 1.25 bits per heavy atom. The van der Waals surface area contributed by atoms with Crippen LogP contribution >= 0.6 is 0 Å². The van der Waals surface area contributed by atoms with Gasteiger partial charge in [-0.1, -0.05) is 32.0 Å². The molecule has 0 radical (unpaired) electrons. The number of carbonyl (C=O) groups excluding carboxylic acids is 2. The minimum absolute atomic E-state index is 0.148. The van der Waals surface area contributed by atoms with E-state index in [0.717, 1.165) is 11.3 Å². The summed E-state index contributed by atoms with van der Waals surface area (Å²) in [5.74, 6) is 0.843. The summed E-state index contributed by atoms with van der Waals surface area (Å²) in [6, 6.07) is 9.08. The number of carbonyl (C=O) groups is 2. The van der Waals surface area contributed by atoms with Crippen molar-refractivity contribution in [2.75, 3.05) is 0 Å². The van der Waals surface area contributed by atoms with Crippen molar-refractivity contribution in [3.63, 3.8) is 0 Å². The molecule has 0 bridgehead atoms. The van der Waals surface area contributed by atoms with Gasteiger partial charge in [-0.05, 0) is 36.3 Å². The topological polar surface area (TPSA) is 46.2 Å². The van der Waals surface area contributed by atoms with Crippen molar-refractivity contribution < 1.29 is 9.59 Å². The Labute approximate surface area is 119 Å². The van der Waals surface area contributed by atoms with Crippen LogP contribution in [-0.2, 0) is 4.79 Å². The van der Waals surface area contributed by atoms with E-state index < -0.39 is 0 Å². The zero-order chi connectivity index (χ0) is 14.5. The van der Waals surface area contributed by atoms with Crippen molar-refractivity contribution in [2.24, 2.45) is 17.3 Å². The Morgan fingerprint density at radius 3 is 2.50 bits per heavy atom. The second-order valence-corrected chi connectivity index (χ2v) is 6.39. The van der Waals surface area contributed by atoms with Crippen molar-refractivity contribution in [2.45, 2.75) is 27.2 Å². The molecular weight excluding hydrogens is 250 g/mol. The molecule has 0 aliphatic heterocycles. The predicted molar refractivity (Wildman–Crippen MR) is 77.0 cm³/mol. The lowest BCUT2D eigenvalue weighted by Crippen LogP contribution is -2.24. The number of ketones is 1. The van der Waals surface area contributed by atoms with Gasteiger partial charge in [0.2, 0.25) is 0 Å². The van der Waals surface area contributed by atoms with Gasteiger partial charge in [0.25, 0.3) is 5.91 Å². The van der Waals surface area contributed by atoms with Crippen LogP contribution in [0, 0.1) is 17.3 Å². The monoisotopic (exact) mass is 269 g/mol. The molecule has 0 aromatic heterocycles. The van der Waals surface area contributed by atoms with E-state index in [1.807, 2.05) is 25.1 Å². The molecule has 104 valence electrons. The van der Waals surface area contributed by atoms with E-state index in [-0.39, 0.29) is 17.1 Å². The van der Waals surface area contributed by atoms with E-state index in [4.69, 9.17) is 0 Å². The third kappa shape index (κ3) is 1.89. The first-order valence-electron chi connectivity index (χ1n) is 7.03. The number of Topliss-reactive ketones (excluding diaryl/α,β-unsaturated/α-hetero) is 1. The Balaban J connectivity index is 1.82. The summed E-state index contributed by atoms with van der Waals surface area (Å²) >= 11 is 0. The second-order valence-electron chi connectivity index (χ2n) is 6.39.